The van der Waals surface area contributed by atoms with E-state index in [-0.39, 0.29) is 11.8 Å². The number of nitrogen functional groups attached to an aromatic ring is 1. The zero-order chi connectivity index (χ0) is 18.4. The number of phenols is 1. The van der Waals surface area contributed by atoms with Gasteiger partial charge in [0, 0.05) is 19.1 Å². The van der Waals surface area contributed by atoms with Gasteiger partial charge in [-0.3, -0.25) is 0 Å². The lowest BCUT2D eigenvalue weighted by Gasteiger charge is -2.20. The number of hydrogen-bond donors (Lipinski definition) is 5. The fourth-order valence-electron chi connectivity index (χ4n) is 2.62. The summed E-state index contributed by atoms with van der Waals surface area (Å²) >= 11 is 0. The molecule has 2 aromatic carbocycles. The third-order valence-corrected chi connectivity index (χ3v) is 4.21. The van der Waals surface area contributed by atoms with Crippen LogP contribution in [0.15, 0.2) is 49.0 Å². The SMILES string of the molecule is C=C(C)c1cc(O)c(N)c(CNC[C@@H](O)[C@@H](N)Cc2ccccc2)c1. The first-order valence-corrected chi connectivity index (χ1v) is 8.34. The van der Waals surface area contributed by atoms with Gasteiger partial charge in [-0.15, -0.1) is 0 Å². The number of nitrogens with one attached hydrogen (secondary N) is 1. The first-order chi connectivity index (χ1) is 11.9. The zero-order valence-corrected chi connectivity index (χ0v) is 14.6. The Morgan fingerprint density at radius 1 is 1.24 bits per heavy atom. The van der Waals surface area contributed by atoms with Crippen LogP contribution in [0.5, 0.6) is 5.75 Å². The van der Waals surface area contributed by atoms with Crippen molar-refractivity contribution in [1.82, 2.24) is 5.32 Å². The summed E-state index contributed by atoms with van der Waals surface area (Å²) in [6, 6.07) is 13.0. The summed E-state index contributed by atoms with van der Waals surface area (Å²) in [6.45, 7) is 6.51. The molecular weight excluding hydrogens is 314 g/mol. The standard InChI is InChI=1S/C20H27N3O2/c1-13(2)15-9-16(20(22)18(24)10-15)11-23-12-19(25)17(21)8-14-6-4-3-5-7-14/h3-7,9-10,17,19,23-25H,1,8,11-12,21-22H2,2H3/t17-,19+/m0/s1. The smallest absolute Gasteiger partial charge is 0.139 e. The van der Waals surface area contributed by atoms with E-state index in [4.69, 9.17) is 11.5 Å². The molecule has 0 saturated carbocycles. The minimum absolute atomic E-state index is 0.0404. The highest BCUT2D eigenvalue weighted by Crippen LogP contribution is 2.28. The molecule has 0 unspecified atom stereocenters. The van der Waals surface area contributed by atoms with Crippen molar-refractivity contribution < 1.29 is 10.2 Å². The molecule has 0 spiro atoms. The molecule has 0 aromatic heterocycles. The lowest BCUT2D eigenvalue weighted by Crippen LogP contribution is -2.43. The van der Waals surface area contributed by atoms with Crippen LogP contribution in [0, 0.1) is 0 Å². The number of allylic oxidation sites excluding steroid dienone is 1. The molecule has 134 valence electrons. The monoisotopic (exact) mass is 341 g/mol. The van der Waals surface area contributed by atoms with Crippen molar-refractivity contribution in [1.29, 1.82) is 0 Å². The summed E-state index contributed by atoms with van der Waals surface area (Å²) in [5, 5.41) is 23.3. The summed E-state index contributed by atoms with van der Waals surface area (Å²) in [5.41, 5.74) is 15.9. The lowest BCUT2D eigenvalue weighted by atomic mass is 10.0. The second-order valence-corrected chi connectivity index (χ2v) is 6.40. The zero-order valence-electron chi connectivity index (χ0n) is 14.6. The predicted octanol–water partition coefficient (Wildman–Crippen LogP) is 2.03. The molecule has 5 nitrogen and oxygen atoms in total. The second kappa shape index (κ2) is 8.67. The van der Waals surface area contributed by atoms with Gasteiger partial charge in [-0.1, -0.05) is 42.5 Å². The van der Waals surface area contributed by atoms with Gasteiger partial charge in [0.1, 0.15) is 5.75 Å². The number of aliphatic hydroxyl groups is 1. The number of phenolic OH excluding ortho intramolecular Hbond substituents is 1. The maximum absolute atomic E-state index is 10.2. The Balaban J connectivity index is 1.90. The van der Waals surface area contributed by atoms with Crippen LogP contribution in [-0.2, 0) is 13.0 Å². The van der Waals surface area contributed by atoms with Gasteiger partial charge in [0.15, 0.2) is 0 Å². The minimum atomic E-state index is -0.681. The largest absolute Gasteiger partial charge is 0.506 e. The van der Waals surface area contributed by atoms with Crippen molar-refractivity contribution in [3.8, 4) is 5.75 Å². The topological polar surface area (TPSA) is 105 Å². The van der Waals surface area contributed by atoms with E-state index in [2.05, 4.69) is 11.9 Å². The molecule has 0 fully saturated rings. The Kier molecular flexibility index (Phi) is 6.58. The number of rotatable bonds is 8. The van der Waals surface area contributed by atoms with E-state index < -0.39 is 6.10 Å². The normalized spacial score (nSPS) is 13.4. The van der Waals surface area contributed by atoms with Gasteiger partial charge in [-0.05, 0) is 42.2 Å². The highest BCUT2D eigenvalue weighted by atomic mass is 16.3. The number of nitrogens with two attached hydrogens (primary N) is 2. The van der Waals surface area contributed by atoms with Gasteiger partial charge < -0.3 is 27.0 Å². The maximum atomic E-state index is 10.2. The molecular formula is C20H27N3O2. The van der Waals surface area contributed by atoms with E-state index in [1.54, 1.807) is 6.07 Å². The summed E-state index contributed by atoms with van der Waals surface area (Å²) in [5.74, 6) is 0.0404. The molecule has 25 heavy (non-hydrogen) atoms. The van der Waals surface area contributed by atoms with Gasteiger partial charge in [-0.2, -0.15) is 0 Å². The van der Waals surface area contributed by atoms with E-state index in [1.807, 2.05) is 43.3 Å². The third-order valence-electron chi connectivity index (χ3n) is 4.21. The average Bonchev–Trinajstić information content (AvgIpc) is 2.59. The molecule has 0 bridgehead atoms. The number of hydrogen-bond acceptors (Lipinski definition) is 5. The fraction of sp³-hybridized carbons (Fsp3) is 0.300. The summed E-state index contributed by atoms with van der Waals surface area (Å²) in [7, 11) is 0. The van der Waals surface area contributed by atoms with Gasteiger partial charge in [0.25, 0.3) is 0 Å². The van der Waals surface area contributed by atoms with Crippen molar-refractivity contribution in [2.45, 2.75) is 32.0 Å². The van der Waals surface area contributed by atoms with E-state index in [9.17, 15) is 10.2 Å². The Morgan fingerprint density at radius 2 is 1.92 bits per heavy atom. The average molecular weight is 341 g/mol. The van der Waals surface area contributed by atoms with E-state index in [1.165, 1.54) is 0 Å². The van der Waals surface area contributed by atoms with Crippen LogP contribution in [0.25, 0.3) is 5.57 Å². The first-order valence-electron chi connectivity index (χ1n) is 8.34. The molecule has 0 heterocycles. The minimum Gasteiger partial charge on any atom is -0.506 e. The van der Waals surface area contributed by atoms with Crippen LogP contribution in [0.4, 0.5) is 5.69 Å². The number of anilines is 1. The molecule has 0 aliphatic carbocycles. The third kappa shape index (κ3) is 5.32. The van der Waals surface area contributed by atoms with Crippen LogP contribution in [-0.4, -0.2) is 28.9 Å². The van der Waals surface area contributed by atoms with Crippen LogP contribution in [0.1, 0.15) is 23.6 Å². The quantitative estimate of drug-likeness (QED) is 0.373. The Morgan fingerprint density at radius 3 is 2.56 bits per heavy atom. The Hall–Kier alpha value is -2.34. The summed E-state index contributed by atoms with van der Waals surface area (Å²) in [4.78, 5) is 0. The van der Waals surface area contributed by atoms with Gasteiger partial charge in [-0.25, -0.2) is 0 Å². The summed E-state index contributed by atoms with van der Waals surface area (Å²) < 4.78 is 0. The van der Waals surface area contributed by atoms with Crippen LogP contribution in [0.2, 0.25) is 0 Å². The van der Waals surface area contributed by atoms with Crippen LogP contribution < -0.4 is 16.8 Å². The maximum Gasteiger partial charge on any atom is 0.139 e. The summed E-state index contributed by atoms with van der Waals surface area (Å²) in [6.07, 6.45) is -0.0723. The van der Waals surface area contributed by atoms with Crippen molar-refractivity contribution in [2.24, 2.45) is 5.73 Å². The second-order valence-electron chi connectivity index (χ2n) is 6.40. The molecule has 2 rings (SSSR count). The number of aliphatic hydroxyl groups excluding tert-OH is 1. The first kappa shape index (κ1) is 19.0. The van der Waals surface area contributed by atoms with Gasteiger partial charge in [0.2, 0.25) is 0 Å². The Labute approximate surface area is 149 Å². The molecule has 5 heteroatoms. The van der Waals surface area contributed by atoms with Gasteiger partial charge >= 0.3 is 0 Å². The van der Waals surface area contributed by atoms with Crippen molar-refractivity contribution in [3.05, 3.63) is 65.7 Å². The van der Waals surface area contributed by atoms with E-state index >= 15 is 0 Å². The molecule has 7 N–H and O–H groups in total. The molecule has 0 amide bonds. The number of benzene rings is 2. The van der Waals surface area contributed by atoms with E-state index in [0.29, 0.717) is 25.2 Å². The van der Waals surface area contributed by atoms with Crippen LogP contribution in [0.3, 0.4) is 0 Å². The highest BCUT2D eigenvalue weighted by Gasteiger charge is 2.15. The molecule has 2 aromatic rings. The molecule has 0 aliphatic heterocycles. The molecule has 2 atom stereocenters. The predicted molar refractivity (Wildman–Crippen MR) is 103 cm³/mol. The Bertz CT molecular complexity index is 716. The lowest BCUT2D eigenvalue weighted by molar-refractivity contribution is 0.141. The number of aromatic hydroxyl groups is 1. The van der Waals surface area contributed by atoms with E-state index in [0.717, 1.165) is 22.3 Å². The highest BCUT2D eigenvalue weighted by molar-refractivity contribution is 5.69. The van der Waals surface area contributed by atoms with Gasteiger partial charge in [0.05, 0.1) is 11.8 Å². The molecule has 0 radical (unpaired) electrons. The van der Waals surface area contributed by atoms with Crippen molar-refractivity contribution in [3.63, 3.8) is 0 Å². The molecule has 0 saturated heterocycles. The van der Waals surface area contributed by atoms with Crippen molar-refractivity contribution >= 4 is 11.3 Å². The fourth-order valence-corrected chi connectivity index (χ4v) is 2.62. The van der Waals surface area contributed by atoms with Crippen molar-refractivity contribution in [2.75, 3.05) is 12.3 Å². The molecule has 0 aliphatic rings. The van der Waals surface area contributed by atoms with Crippen LogP contribution >= 0.6 is 0 Å².